The molecule has 0 bridgehead atoms. The first kappa shape index (κ1) is 26.5. The summed E-state index contributed by atoms with van der Waals surface area (Å²) in [4.78, 5) is 25.4. The van der Waals surface area contributed by atoms with Gasteiger partial charge in [-0.05, 0) is 62.2 Å². The van der Waals surface area contributed by atoms with Crippen molar-refractivity contribution in [3.63, 3.8) is 0 Å². The zero-order valence-electron chi connectivity index (χ0n) is 19.4. The maximum Gasteiger partial charge on any atom is 0.339 e. The number of benzene rings is 2. The van der Waals surface area contributed by atoms with E-state index in [1.807, 2.05) is 27.7 Å². The first-order valence-electron chi connectivity index (χ1n) is 10.5. The summed E-state index contributed by atoms with van der Waals surface area (Å²) in [5, 5.41) is 5.83. The average molecular weight is 496 g/mol. The van der Waals surface area contributed by atoms with Crippen LogP contribution in [0.15, 0.2) is 47.4 Å². The summed E-state index contributed by atoms with van der Waals surface area (Å²) in [5.41, 5.74) is 0.926. The number of rotatable bonds is 9. The maximum absolute atomic E-state index is 12.9. The van der Waals surface area contributed by atoms with E-state index < -0.39 is 10.1 Å². The first-order valence-corrected chi connectivity index (χ1v) is 12.3. The van der Waals surface area contributed by atoms with Crippen LogP contribution in [0.25, 0.3) is 0 Å². The third-order valence-corrected chi connectivity index (χ3v) is 5.82. The molecule has 3 amide bonds. The highest BCUT2D eigenvalue weighted by atomic mass is 35.5. The zero-order valence-corrected chi connectivity index (χ0v) is 21.0. The number of nitrogens with zero attached hydrogens (tertiary/aromatic N) is 1. The van der Waals surface area contributed by atoms with Crippen LogP contribution in [0.3, 0.4) is 0 Å². The molecule has 0 aliphatic carbocycles. The van der Waals surface area contributed by atoms with Gasteiger partial charge in [0, 0.05) is 35.8 Å². The van der Waals surface area contributed by atoms with Crippen molar-refractivity contribution >= 4 is 39.3 Å². The number of carbonyl (C=O) groups excluding carboxylic acids is 2. The Morgan fingerprint density at radius 2 is 1.70 bits per heavy atom. The normalized spacial score (nSPS) is 11.4. The Balaban J connectivity index is 2.32. The molecule has 180 valence electrons. The Labute approximate surface area is 200 Å². The lowest BCUT2D eigenvalue weighted by molar-refractivity contribution is -0.114. The maximum atomic E-state index is 12.9. The molecule has 0 saturated carbocycles. The second-order valence-electron chi connectivity index (χ2n) is 8.37. The number of carbonyl (C=O) groups is 2. The van der Waals surface area contributed by atoms with Crippen LogP contribution in [0.4, 0.5) is 10.5 Å². The summed E-state index contributed by atoms with van der Waals surface area (Å²) < 4.78 is 31.2. The second kappa shape index (κ2) is 11.4. The lowest BCUT2D eigenvalue weighted by Gasteiger charge is -2.27. The van der Waals surface area contributed by atoms with Crippen LogP contribution in [0, 0.1) is 5.92 Å². The monoisotopic (exact) mass is 495 g/mol. The molecule has 0 saturated heterocycles. The molecule has 2 aromatic carbocycles. The molecular weight excluding hydrogens is 466 g/mol. The zero-order chi connectivity index (χ0) is 24.8. The van der Waals surface area contributed by atoms with Gasteiger partial charge in [0.2, 0.25) is 5.91 Å². The fraction of sp³-hybridized carbons (Fsp3) is 0.391. The smallest absolute Gasteiger partial charge is 0.339 e. The molecule has 2 N–H and O–H groups in total. The molecule has 2 aromatic rings. The van der Waals surface area contributed by atoms with E-state index in [9.17, 15) is 18.0 Å². The molecule has 0 atom stereocenters. The van der Waals surface area contributed by atoms with Crippen LogP contribution >= 0.6 is 11.6 Å². The van der Waals surface area contributed by atoms with E-state index in [-0.39, 0.29) is 41.1 Å². The summed E-state index contributed by atoms with van der Waals surface area (Å²) >= 11 is 6.16. The summed E-state index contributed by atoms with van der Waals surface area (Å²) in [7, 11) is -4.17. The van der Waals surface area contributed by atoms with Gasteiger partial charge in [0.25, 0.3) is 0 Å². The molecule has 8 nitrogen and oxygen atoms in total. The van der Waals surface area contributed by atoms with Crippen LogP contribution in [-0.2, 0) is 21.5 Å². The summed E-state index contributed by atoms with van der Waals surface area (Å²) in [5.74, 6) is 0.00823. The van der Waals surface area contributed by atoms with Gasteiger partial charge in [-0.2, -0.15) is 8.42 Å². The lowest BCUT2D eigenvalue weighted by Crippen LogP contribution is -2.44. The summed E-state index contributed by atoms with van der Waals surface area (Å²) in [6.07, 6.45) is 0. The van der Waals surface area contributed by atoms with Gasteiger partial charge in [0.15, 0.2) is 0 Å². The fourth-order valence-electron chi connectivity index (χ4n) is 3.03. The van der Waals surface area contributed by atoms with Gasteiger partial charge in [-0.25, -0.2) is 4.79 Å². The van der Waals surface area contributed by atoms with Crippen LogP contribution in [0.2, 0.25) is 5.02 Å². The Morgan fingerprint density at radius 1 is 1.06 bits per heavy atom. The van der Waals surface area contributed by atoms with Gasteiger partial charge in [0.1, 0.15) is 10.6 Å². The van der Waals surface area contributed by atoms with Crippen molar-refractivity contribution in [3.05, 3.63) is 53.1 Å². The van der Waals surface area contributed by atoms with E-state index >= 15 is 0 Å². The Morgan fingerprint density at radius 3 is 2.24 bits per heavy atom. The largest absolute Gasteiger partial charge is 0.379 e. The first-order chi connectivity index (χ1) is 15.4. The summed E-state index contributed by atoms with van der Waals surface area (Å²) in [6.45, 7) is 9.64. The van der Waals surface area contributed by atoms with E-state index in [1.165, 1.54) is 43.3 Å². The topological polar surface area (TPSA) is 105 Å². The average Bonchev–Trinajstić information content (AvgIpc) is 2.68. The molecule has 33 heavy (non-hydrogen) atoms. The van der Waals surface area contributed by atoms with E-state index in [1.54, 1.807) is 11.0 Å². The Kier molecular flexibility index (Phi) is 9.13. The number of anilines is 1. The molecule has 0 aliphatic rings. The molecule has 0 aromatic heterocycles. The second-order valence-corrected chi connectivity index (χ2v) is 10.4. The molecule has 0 aliphatic heterocycles. The van der Waals surface area contributed by atoms with Gasteiger partial charge in [-0.3, -0.25) is 4.79 Å². The standard InChI is InChI=1S/C23H30ClN3O5S/c1-15(2)13-27(23(29)25-16(3)4)14-18-12-19(24)6-11-22(18)32-33(30,31)21-9-7-20(8-10-21)26-17(5)28/h6-12,15-16H,13-14H2,1-5H3,(H,25,29)(H,26,28). The Bertz CT molecular complexity index is 1090. The Hall–Kier alpha value is -2.78. The van der Waals surface area contributed by atoms with Crippen molar-refractivity contribution in [2.75, 3.05) is 11.9 Å². The van der Waals surface area contributed by atoms with Gasteiger partial charge in [-0.15, -0.1) is 0 Å². The highest BCUT2D eigenvalue weighted by Crippen LogP contribution is 2.28. The molecule has 0 heterocycles. The number of halogens is 1. The van der Waals surface area contributed by atoms with Crippen LogP contribution in [0.1, 0.15) is 40.2 Å². The number of nitrogens with one attached hydrogen (secondary N) is 2. The van der Waals surface area contributed by atoms with Crippen molar-refractivity contribution in [2.24, 2.45) is 5.92 Å². The number of hydrogen-bond donors (Lipinski definition) is 2. The molecule has 0 radical (unpaired) electrons. The van der Waals surface area contributed by atoms with Gasteiger partial charge in [-0.1, -0.05) is 25.4 Å². The van der Waals surface area contributed by atoms with Crippen LogP contribution in [0.5, 0.6) is 5.75 Å². The number of amides is 3. The van der Waals surface area contributed by atoms with Crippen LogP contribution in [-0.4, -0.2) is 37.8 Å². The molecule has 0 spiro atoms. The predicted molar refractivity (Wildman–Crippen MR) is 129 cm³/mol. The van der Waals surface area contributed by atoms with E-state index in [4.69, 9.17) is 15.8 Å². The molecule has 0 fully saturated rings. The SMILES string of the molecule is CC(=O)Nc1ccc(S(=O)(=O)Oc2ccc(Cl)cc2CN(CC(C)C)C(=O)NC(C)C)cc1. The van der Waals surface area contributed by atoms with Crippen LogP contribution < -0.4 is 14.8 Å². The molecule has 2 rings (SSSR count). The van der Waals surface area contributed by atoms with Crippen molar-refractivity contribution in [2.45, 2.75) is 52.1 Å². The van der Waals surface area contributed by atoms with Crippen molar-refractivity contribution < 1.29 is 22.2 Å². The van der Waals surface area contributed by atoms with Crippen molar-refractivity contribution in [3.8, 4) is 5.75 Å². The van der Waals surface area contributed by atoms with Gasteiger partial charge >= 0.3 is 16.1 Å². The lowest BCUT2D eigenvalue weighted by atomic mass is 10.1. The molecular formula is C23H30ClN3O5S. The van der Waals surface area contributed by atoms with E-state index in [0.717, 1.165) is 0 Å². The third kappa shape index (κ3) is 8.25. The number of urea groups is 1. The van der Waals surface area contributed by atoms with E-state index in [0.29, 0.717) is 22.8 Å². The third-order valence-electron chi connectivity index (χ3n) is 4.33. The minimum atomic E-state index is -4.17. The summed E-state index contributed by atoms with van der Waals surface area (Å²) in [6, 6.07) is 9.90. The predicted octanol–water partition coefficient (Wildman–Crippen LogP) is 4.64. The fourth-order valence-corrected chi connectivity index (χ4v) is 4.19. The highest BCUT2D eigenvalue weighted by Gasteiger charge is 2.22. The highest BCUT2D eigenvalue weighted by molar-refractivity contribution is 7.87. The van der Waals surface area contributed by atoms with Gasteiger partial charge < -0.3 is 19.7 Å². The minimum Gasteiger partial charge on any atom is -0.379 e. The quantitative estimate of drug-likeness (QED) is 0.493. The van der Waals surface area contributed by atoms with Gasteiger partial charge in [0.05, 0.1) is 6.54 Å². The minimum absolute atomic E-state index is 0.0527. The van der Waals surface area contributed by atoms with Crippen molar-refractivity contribution in [1.29, 1.82) is 0 Å². The number of hydrogen-bond acceptors (Lipinski definition) is 5. The molecule has 10 heteroatoms. The molecule has 0 unspecified atom stereocenters. The van der Waals surface area contributed by atoms with E-state index in [2.05, 4.69) is 10.6 Å². The van der Waals surface area contributed by atoms with Crippen molar-refractivity contribution in [1.82, 2.24) is 10.2 Å².